The molecule has 1 aromatic carbocycles. The molecule has 3 amide bonds. The highest BCUT2D eigenvalue weighted by molar-refractivity contribution is 6.03. The predicted octanol–water partition coefficient (Wildman–Crippen LogP) is 2.13. The number of hydrogen-bond acceptors (Lipinski definition) is 7. The summed E-state index contributed by atoms with van der Waals surface area (Å²) in [5.74, 6) is -2.31. The molecule has 9 nitrogen and oxygen atoms in total. The molecule has 0 spiro atoms. The van der Waals surface area contributed by atoms with E-state index >= 15 is 0 Å². The summed E-state index contributed by atoms with van der Waals surface area (Å²) in [5.41, 5.74) is 0.0686. The van der Waals surface area contributed by atoms with E-state index in [0.29, 0.717) is 22.6 Å². The first kappa shape index (κ1) is 21.9. The van der Waals surface area contributed by atoms with Crippen LogP contribution in [0.5, 0.6) is 0 Å². The number of carbonyl (C=O) groups is 4. The van der Waals surface area contributed by atoms with Gasteiger partial charge in [-0.3, -0.25) is 14.9 Å². The van der Waals surface area contributed by atoms with Crippen LogP contribution >= 0.6 is 0 Å². The lowest BCUT2D eigenvalue weighted by atomic mass is 10.0. The largest absolute Gasteiger partial charge is 0.465 e. The van der Waals surface area contributed by atoms with Crippen molar-refractivity contribution in [1.29, 1.82) is 0 Å². The van der Waals surface area contributed by atoms with E-state index in [4.69, 9.17) is 13.6 Å². The Balaban J connectivity index is 2.25. The summed E-state index contributed by atoms with van der Waals surface area (Å²) in [5, 5.41) is 2.90. The molecule has 1 fully saturated rings. The molecule has 0 unspecified atom stereocenters. The number of likely N-dealkylation sites (N-methyl/N-ethyl adjacent to an activating group) is 1. The third-order valence-corrected chi connectivity index (χ3v) is 4.98. The Morgan fingerprint density at radius 3 is 2.48 bits per heavy atom. The number of aryl methyl sites for hydroxylation is 1. The number of nitrogens with zero attached hydrogens (tertiary/aromatic N) is 2. The zero-order valence-corrected chi connectivity index (χ0v) is 19.8. The van der Waals surface area contributed by atoms with Crippen LogP contribution in [0.1, 0.15) is 50.7 Å². The SMILES string of the molecule is [2H]C([2H])([2H])N1C[C@@H](C(=O)OC(C)(C)C)N(C(=O)[C@H](C)N[C@@H](CCc2ccccc2)C(=O)OCC)C1=O. The van der Waals surface area contributed by atoms with Gasteiger partial charge in [0.05, 0.1) is 19.2 Å². The smallest absolute Gasteiger partial charge is 0.331 e. The summed E-state index contributed by atoms with van der Waals surface area (Å²) in [4.78, 5) is 52.8. The number of rotatable bonds is 9. The second kappa shape index (κ2) is 11.3. The van der Waals surface area contributed by atoms with E-state index in [1.807, 2.05) is 30.3 Å². The summed E-state index contributed by atoms with van der Waals surface area (Å²) in [6.07, 6.45) is 0.833. The Morgan fingerprint density at radius 2 is 1.91 bits per heavy atom. The molecule has 9 heteroatoms. The van der Waals surface area contributed by atoms with Crippen molar-refractivity contribution in [2.45, 2.75) is 71.2 Å². The quantitative estimate of drug-likeness (QED) is 0.558. The van der Waals surface area contributed by atoms with Crippen molar-refractivity contribution >= 4 is 23.9 Å². The number of nitrogens with one attached hydrogen (secondary N) is 1. The monoisotopic (exact) mass is 464 g/mol. The van der Waals surface area contributed by atoms with Gasteiger partial charge in [-0.2, -0.15) is 0 Å². The number of esters is 2. The summed E-state index contributed by atoms with van der Waals surface area (Å²) < 4.78 is 33.4. The Morgan fingerprint density at radius 1 is 1.24 bits per heavy atom. The highest BCUT2D eigenvalue weighted by Crippen LogP contribution is 2.20. The van der Waals surface area contributed by atoms with Gasteiger partial charge in [0, 0.05) is 11.1 Å². The lowest BCUT2D eigenvalue weighted by Gasteiger charge is -2.28. The summed E-state index contributed by atoms with van der Waals surface area (Å²) in [6.45, 7) is 4.73. The molecule has 0 radical (unpaired) electrons. The van der Waals surface area contributed by atoms with Crippen LogP contribution in [-0.4, -0.2) is 77.5 Å². The standard InChI is InChI=1S/C24H35N3O6/c1-7-32-21(29)18(14-13-17-11-9-8-10-12-17)25-16(2)20(28)27-19(15-26(6)23(27)31)22(30)33-24(3,4)5/h8-12,16,18-19,25H,7,13-15H2,1-6H3/t16-,18-,19-/m0/s1/i6D3. The van der Waals surface area contributed by atoms with Crippen LogP contribution in [0.4, 0.5) is 4.79 Å². The van der Waals surface area contributed by atoms with Gasteiger partial charge >= 0.3 is 18.0 Å². The fourth-order valence-electron chi connectivity index (χ4n) is 3.44. The molecule has 1 aliphatic rings. The van der Waals surface area contributed by atoms with Crippen LogP contribution in [0, 0.1) is 0 Å². The van der Waals surface area contributed by atoms with Gasteiger partial charge in [-0.15, -0.1) is 0 Å². The van der Waals surface area contributed by atoms with Gasteiger partial charge in [0.1, 0.15) is 11.6 Å². The first-order valence-electron chi connectivity index (χ1n) is 12.5. The number of urea groups is 1. The molecule has 0 aliphatic carbocycles. The molecule has 1 N–H and O–H groups in total. The van der Waals surface area contributed by atoms with Crippen LogP contribution in [0.25, 0.3) is 0 Å². The van der Waals surface area contributed by atoms with E-state index in [-0.39, 0.29) is 6.61 Å². The number of benzene rings is 1. The van der Waals surface area contributed by atoms with Crippen LogP contribution in [-0.2, 0) is 30.3 Å². The highest BCUT2D eigenvalue weighted by atomic mass is 16.6. The molecular weight excluding hydrogens is 426 g/mol. The zero-order valence-electron chi connectivity index (χ0n) is 22.8. The molecule has 1 aliphatic heterocycles. The van der Waals surface area contributed by atoms with E-state index < -0.39 is 61.1 Å². The van der Waals surface area contributed by atoms with Crippen LogP contribution in [0.3, 0.4) is 0 Å². The maximum absolute atomic E-state index is 13.4. The highest BCUT2D eigenvalue weighted by Gasteiger charge is 2.46. The summed E-state index contributed by atoms with van der Waals surface area (Å²) in [6, 6.07) is 4.90. The maximum atomic E-state index is 13.4. The van der Waals surface area contributed by atoms with Gasteiger partial charge in [-0.25, -0.2) is 14.5 Å². The van der Waals surface area contributed by atoms with Crippen molar-refractivity contribution in [3.63, 3.8) is 0 Å². The fraction of sp³-hybridized carbons (Fsp3) is 0.583. The van der Waals surface area contributed by atoms with E-state index in [0.717, 1.165) is 5.56 Å². The van der Waals surface area contributed by atoms with Crippen LogP contribution in [0.2, 0.25) is 0 Å². The van der Waals surface area contributed by atoms with Crippen molar-refractivity contribution < 1.29 is 32.8 Å². The fourth-order valence-corrected chi connectivity index (χ4v) is 3.44. The topological polar surface area (TPSA) is 105 Å². The minimum atomic E-state index is -2.85. The second-order valence-corrected chi connectivity index (χ2v) is 8.87. The van der Waals surface area contributed by atoms with E-state index in [9.17, 15) is 19.2 Å². The molecule has 0 saturated carbocycles. The van der Waals surface area contributed by atoms with Crippen LogP contribution in [0.15, 0.2) is 30.3 Å². The Labute approximate surface area is 199 Å². The Bertz CT molecular complexity index is 949. The zero-order chi connectivity index (χ0) is 27.3. The van der Waals surface area contributed by atoms with Gasteiger partial charge in [0.15, 0.2) is 6.04 Å². The minimum Gasteiger partial charge on any atom is -0.465 e. The molecule has 1 heterocycles. The number of hydrogen-bond donors (Lipinski definition) is 1. The van der Waals surface area contributed by atoms with Crippen molar-refractivity contribution in [1.82, 2.24) is 15.1 Å². The van der Waals surface area contributed by atoms with Gasteiger partial charge in [-0.05, 0) is 53.0 Å². The van der Waals surface area contributed by atoms with Crippen LogP contribution < -0.4 is 5.32 Å². The number of carbonyl (C=O) groups excluding carboxylic acids is 4. The number of ether oxygens (including phenoxy) is 2. The normalized spacial score (nSPS) is 19.8. The first-order chi connectivity index (χ1) is 16.7. The molecule has 0 aromatic heterocycles. The lowest BCUT2D eigenvalue weighted by Crippen LogP contribution is -2.55. The Kier molecular flexibility index (Phi) is 7.47. The van der Waals surface area contributed by atoms with E-state index in [1.165, 1.54) is 6.92 Å². The molecule has 1 saturated heterocycles. The molecule has 0 bridgehead atoms. The average Bonchev–Trinajstić information content (AvgIpc) is 3.13. The molecule has 3 atom stereocenters. The van der Waals surface area contributed by atoms with Gasteiger partial charge in [-0.1, -0.05) is 30.3 Å². The first-order valence-corrected chi connectivity index (χ1v) is 11.0. The second-order valence-electron chi connectivity index (χ2n) is 8.87. The third-order valence-electron chi connectivity index (χ3n) is 4.98. The number of imide groups is 1. The van der Waals surface area contributed by atoms with Gasteiger partial charge in [0.25, 0.3) is 0 Å². The van der Waals surface area contributed by atoms with Gasteiger partial charge in [0.2, 0.25) is 5.91 Å². The summed E-state index contributed by atoms with van der Waals surface area (Å²) >= 11 is 0. The average molecular weight is 465 g/mol. The molecule has 2 rings (SSSR count). The number of amides is 3. The van der Waals surface area contributed by atoms with E-state index in [2.05, 4.69) is 5.32 Å². The molecule has 33 heavy (non-hydrogen) atoms. The lowest BCUT2D eigenvalue weighted by molar-refractivity contribution is -0.162. The maximum Gasteiger partial charge on any atom is 0.331 e. The van der Waals surface area contributed by atoms with Gasteiger partial charge < -0.3 is 14.4 Å². The van der Waals surface area contributed by atoms with Crippen molar-refractivity contribution in [3.05, 3.63) is 35.9 Å². The Hall–Kier alpha value is -2.94. The van der Waals surface area contributed by atoms with E-state index in [1.54, 1.807) is 27.7 Å². The predicted molar refractivity (Wildman–Crippen MR) is 122 cm³/mol. The van der Waals surface area contributed by atoms with Crippen molar-refractivity contribution in [3.8, 4) is 0 Å². The third kappa shape index (κ3) is 7.28. The molecular formula is C24H35N3O6. The summed E-state index contributed by atoms with van der Waals surface area (Å²) in [7, 11) is 0. The molecule has 1 aromatic rings. The minimum absolute atomic E-state index is 0.142. The van der Waals surface area contributed by atoms with Crippen molar-refractivity contribution in [2.24, 2.45) is 0 Å². The molecule has 182 valence electrons. The van der Waals surface area contributed by atoms with Crippen molar-refractivity contribution in [2.75, 3.05) is 20.1 Å².